The molecular weight excluding hydrogens is 312 g/mol. The maximum atomic E-state index is 11.6. The highest BCUT2D eigenvalue weighted by atomic mass is 16.5. The molecule has 2 N–H and O–H groups in total. The lowest BCUT2D eigenvalue weighted by Gasteiger charge is -2.58. The van der Waals surface area contributed by atoms with Gasteiger partial charge in [-0.1, -0.05) is 6.07 Å². The van der Waals surface area contributed by atoms with Gasteiger partial charge in [0.1, 0.15) is 0 Å². The zero-order valence-electron chi connectivity index (χ0n) is 14.8. The number of hydrogen-bond acceptors (Lipinski definition) is 3. The van der Waals surface area contributed by atoms with Gasteiger partial charge in [-0.3, -0.25) is 14.9 Å². The largest absolute Gasteiger partial charge is 0.298 e. The molecule has 134 valence electrons. The van der Waals surface area contributed by atoms with Gasteiger partial charge in [-0.15, -0.1) is 0 Å². The van der Waals surface area contributed by atoms with Gasteiger partial charge in [-0.25, -0.2) is 5.48 Å². The molecule has 0 saturated heterocycles. The van der Waals surface area contributed by atoms with Gasteiger partial charge in [0.2, 0.25) is 0 Å². The van der Waals surface area contributed by atoms with Crippen LogP contribution in [0.4, 0.5) is 0 Å². The standard InChI is InChI=1S/C21H28N2O2/c24-20(22-25)18-1-2-19-12-23(4-3-17(19)8-18)13-21-9-14-5-15(10-21)7-16(6-14)11-21/h1-2,8,14-16,25H,3-7,9-13H2,(H,22,24). The summed E-state index contributed by atoms with van der Waals surface area (Å²) in [6.07, 6.45) is 9.95. The van der Waals surface area contributed by atoms with Crippen molar-refractivity contribution in [2.45, 2.75) is 51.5 Å². The predicted octanol–water partition coefficient (Wildman–Crippen LogP) is 3.38. The average Bonchev–Trinajstić information content (AvgIpc) is 2.59. The van der Waals surface area contributed by atoms with E-state index < -0.39 is 5.91 Å². The molecular formula is C21H28N2O2. The Balaban J connectivity index is 1.31. The molecule has 4 bridgehead atoms. The van der Waals surface area contributed by atoms with Crippen molar-refractivity contribution >= 4 is 5.91 Å². The lowest BCUT2D eigenvalue weighted by Crippen LogP contribution is -2.51. The monoisotopic (exact) mass is 340 g/mol. The summed E-state index contributed by atoms with van der Waals surface area (Å²) in [4.78, 5) is 14.3. The van der Waals surface area contributed by atoms with E-state index in [-0.39, 0.29) is 0 Å². The molecule has 6 rings (SSSR count). The third kappa shape index (κ3) is 2.80. The van der Waals surface area contributed by atoms with Crippen molar-refractivity contribution in [3.8, 4) is 0 Å². The van der Waals surface area contributed by atoms with Crippen LogP contribution in [0.2, 0.25) is 0 Å². The smallest absolute Gasteiger partial charge is 0.274 e. The number of carbonyl (C=O) groups excluding carboxylic acids is 1. The van der Waals surface area contributed by atoms with Crippen LogP contribution in [-0.4, -0.2) is 29.1 Å². The maximum Gasteiger partial charge on any atom is 0.274 e. The van der Waals surface area contributed by atoms with Crippen LogP contribution >= 0.6 is 0 Å². The summed E-state index contributed by atoms with van der Waals surface area (Å²) in [5.74, 6) is 2.63. The highest BCUT2D eigenvalue weighted by molar-refractivity contribution is 5.93. The van der Waals surface area contributed by atoms with Crippen LogP contribution in [0.15, 0.2) is 18.2 Å². The Bertz CT molecular complexity index is 664. The minimum absolute atomic E-state index is 0.418. The van der Waals surface area contributed by atoms with Crippen LogP contribution in [0.3, 0.4) is 0 Å². The van der Waals surface area contributed by atoms with Crippen molar-refractivity contribution in [3.05, 3.63) is 34.9 Å². The van der Waals surface area contributed by atoms with Gasteiger partial charge < -0.3 is 0 Å². The van der Waals surface area contributed by atoms with E-state index in [0.717, 1.165) is 37.3 Å². The second kappa shape index (κ2) is 5.82. The van der Waals surface area contributed by atoms with E-state index in [0.29, 0.717) is 11.0 Å². The number of benzene rings is 1. The van der Waals surface area contributed by atoms with E-state index in [4.69, 9.17) is 5.21 Å². The second-order valence-electron chi connectivity index (χ2n) is 9.30. The fourth-order valence-electron chi connectivity index (χ4n) is 6.91. The minimum atomic E-state index is -0.418. The van der Waals surface area contributed by atoms with Crippen molar-refractivity contribution in [2.24, 2.45) is 23.2 Å². The van der Waals surface area contributed by atoms with E-state index in [2.05, 4.69) is 11.0 Å². The van der Waals surface area contributed by atoms with Crippen molar-refractivity contribution in [3.63, 3.8) is 0 Å². The summed E-state index contributed by atoms with van der Waals surface area (Å²) in [6, 6.07) is 5.85. The summed E-state index contributed by atoms with van der Waals surface area (Å²) in [5.41, 5.74) is 5.50. The Morgan fingerprint density at radius 3 is 2.44 bits per heavy atom. The Hall–Kier alpha value is -1.39. The van der Waals surface area contributed by atoms with Crippen molar-refractivity contribution < 1.29 is 10.0 Å². The average molecular weight is 340 g/mol. The van der Waals surface area contributed by atoms with Crippen LogP contribution in [0, 0.1) is 23.2 Å². The van der Waals surface area contributed by atoms with Crippen molar-refractivity contribution in [2.75, 3.05) is 13.1 Å². The van der Waals surface area contributed by atoms with Crippen molar-refractivity contribution in [1.29, 1.82) is 0 Å². The number of rotatable bonds is 3. The number of hydrogen-bond donors (Lipinski definition) is 2. The molecule has 1 aromatic rings. The zero-order chi connectivity index (χ0) is 17.0. The van der Waals surface area contributed by atoms with Gasteiger partial charge in [-0.2, -0.15) is 0 Å². The summed E-state index contributed by atoms with van der Waals surface area (Å²) < 4.78 is 0. The molecule has 4 aliphatic carbocycles. The fraction of sp³-hybridized carbons (Fsp3) is 0.667. The normalized spacial score (nSPS) is 36.3. The predicted molar refractivity (Wildman–Crippen MR) is 95.3 cm³/mol. The molecule has 5 aliphatic rings. The number of carbonyl (C=O) groups is 1. The Kier molecular flexibility index (Phi) is 3.68. The Morgan fingerprint density at radius 2 is 1.80 bits per heavy atom. The fourth-order valence-corrected chi connectivity index (χ4v) is 6.91. The molecule has 0 radical (unpaired) electrons. The number of nitrogens with one attached hydrogen (secondary N) is 1. The van der Waals surface area contributed by atoms with Gasteiger partial charge in [0.15, 0.2) is 0 Å². The molecule has 4 heteroatoms. The Labute approximate surface area is 149 Å². The van der Waals surface area contributed by atoms with Crippen LogP contribution in [0.1, 0.15) is 60.0 Å². The number of fused-ring (bicyclic) bond motifs is 1. The first-order chi connectivity index (χ1) is 12.1. The molecule has 1 aromatic carbocycles. The van der Waals surface area contributed by atoms with Crippen LogP contribution in [-0.2, 0) is 13.0 Å². The molecule has 0 unspecified atom stereocenters. The lowest BCUT2D eigenvalue weighted by molar-refractivity contribution is -0.0707. The molecule has 4 fully saturated rings. The first-order valence-electron chi connectivity index (χ1n) is 9.91. The topological polar surface area (TPSA) is 52.6 Å². The quantitative estimate of drug-likeness (QED) is 0.655. The molecule has 25 heavy (non-hydrogen) atoms. The van der Waals surface area contributed by atoms with E-state index in [1.54, 1.807) is 5.48 Å². The van der Waals surface area contributed by atoms with Gasteiger partial charge >= 0.3 is 0 Å². The third-order valence-electron chi connectivity index (χ3n) is 7.39. The van der Waals surface area contributed by atoms with Gasteiger partial charge in [-0.05, 0) is 91.4 Å². The molecule has 4 nitrogen and oxygen atoms in total. The molecule has 1 heterocycles. The molecule has 1 amide bonds. The van der Waals surface area contributed by atoms with Gasteiger partial charge in [0.25, 0.3) is 5.91 Å². The van der Waals surface area contributed by atoms with E-state index in [1.807, 2.05) is 12.1 Å². The highest BCUT2D eigenvalue weighted by Gasteiger charge is 2.51. The van der Waals surface area contributed by atoms with E-state index >= 15 is 0 Å². The van der Waals surface area contributed by atoms with Crippen molar-refractivity contribution in [1.82, 2.24) is 10.4 Å². The second-order valence-corrected chi connectivity index (χ2v) is 9.30. The summed E-state index contributed by atoms with van der Waals surface area (Å²) in [7, 11) is 0. The number of nitrogens with zero attached hydrogens (tertiary/aromatic N) is 1. The number of hydroxylamine groups is 1. The number of amides is 1. The van der Waals surface area contributed by atoms with Crippen LogP contribution in [0.25, 0.3) is 0 Å². The third-order valence-corrected chi connectivity index (χ3v) is 7.39. The first kappa shape index (κ1) is 15.8. The molecule has 1 aliphatic heterocycles. The zero-order valence-corrected chi connectivity index (χ0v) is 14.8. The van der Waals surface area contributed by atoms with Crippen LogP contribution in [0.5, 0.6) is 0 Å². The Morgan fingerprint density at radius 1 is 1.12 bits per heavy atom. The summed E-state index contributed by atoms with van der Waals surface area (Å²) in [6.45, 7) is 3.38. The summed E-state index contributed by atoms with van der Waals surface area (Å²) in [5, 5.41) is 8.82. The lowest BCUT2D eigenvalue weighted by atomic mass is 9.49. The molecule has 4 saturated carbocycles. The summed E-state index contributed by atoms with van der Waals surface area (Å²) >= 11 is 0. The molecule has 0 aromatic heterocycles. The van der Waals surface area contributed by atoms with Gasteiger partial charge in [0.05, 0.1) is 0 Å². The van der Waals surface area contributed by atoms with E-state index in [9.17, 15) is 4.79 Å². The van der Waals surface area contributed by atoms with Crippen LogP contribution < -0.4 is 5.48 Å². The SMILES string of the molecule is O=C(NO)c1ccc2c(c1)CCN(CC13CC4CC(CC(C4)C1)C3)C2. The van der Waals surface area contributed by atoms with Gasteiger partial charge in [0, 0.05) is 25.2 Å². The highest BCUT2D eigenvalue weighted by Crippen LogP contribution is 2.60. The van der Waals surface area contributed by atoms with E-state index in [1.165, 1.54) is 56.2 Å². The maximum absolute atomic E-state index is 11.6. The molecule has 0 spiro atoms. The first-order valence-corrected chi connectivity index (χ1v) is 9.91. The molecule has 0 atom stereocenters. The minimum Gasteiger partial charge on any atom is -0.298 e.